The van der Waals surface area contributed by atoms with E-state index in [1.165, 1.54) is 0 Å². The van der Waals surface area contributed by atoms with Crippen molar-refractivity contribution in [1.82, 2.24) is 10.7 Å². The second-order valence-electron chi connectivity index (χ2n) is 3.95. The van der Waals surface area contributed by atoms with Gasteiger partial charge >= 0.3 is 5.97 Å². The van der Waals surface area contributed by atoms with Crippen molar-refractivity contribution in [1.29, 1.82) is 0 Å². The first kappa shape index (κ1) is 17.4. The van der Waals surface area contributed by atoms with E-state index in [0.29, 0.717) is 26.0 Å². The van der Waals surface area contributed by atoms with Gasteiger partial charge < -0.3 is 20.2 Å². The fourth-order valence-corrected chi connectivity index (χ4v) is 1.38. The van der Waals surface area contributed by atoms with Crippen molar-refractivity contribution >= 4 is 18.1 Å². The number of carbonyl (C=O) groups excluding carboxylic acids is 2. The summed E-state index contributed by atoms with van der Waals surface area (Å²) in [6.07, 6.45) is 1.18. The third-order valence-electron chi connectivity index (χ3n) is 2.61. The van der Waals surface area contributed by atoms with E-state index in [0.717, 1.165) is 0 Å². The van der Waals surface area contributed by atoms with Crippen LogP contribution < -0.4 is 10.7 Å². The van der Waals surface area contributed by atoms with E-state index in [4.69, 9.17) is 9.47 Å². The second kappa shape index (κ2) is 10.3. The fourth-order valence-electron chi connectivity index (χ4n) is 1.38. The summed E-state index contributed by atoms with van der Waals surface area (Å²) in [7, 11) is 1.58. The number of carbonyl (C=O) groups is 2. The average molecular weight is 273 g/mol. The number of nitrogens with zero attached hydrogens (tertiary/aromatic N) is 1. The molecule has 1 amide bonds. The van der Waals surface area contributed by atoms with Crippen molar-refractivity contribution < 1.29 is 19.1 Å². The molecule has 0 radical (unpaired) electrons. The van der Waals surface area contributed by atoms with E-state index in [2.05, 4.69) is 15.8 Å². The summed E-state index contributed by atoms with van der Waals surface area (Å²) in [4.78, 5) is 21.7. The zero-order valence-corrected chi connectivity index (χ0v) is 11.9. The Balaban J connectivity index is 4.08. The van der Waals surface area contributed by atoms with Crippen LogP contribution in [0, 0.1) is 0 Å². The topological polar surface area (TPSA) is 89.0 Å². The van der Waals surface area contributed by atoms with Gasteiger partial charge in [-0.1, -0.05) is 0 Å². The van der Waals surface area contributed by atoms with Crippen LogP contribution >= 0.6 is 0 Å². The highest BCUT2D eigenvalue weighted by atomic mass is 16.5. The fraction of sp³-hybridized carbons (Fsp3) is 0.750. The van der Waals surface area contributed by atoms with Crippen molar-refractivity contribution in [2.75, 3.05) is 20.3 Å². The van der Waals surface area contributed by atoms with Crippen LogP contribution in [-0.4, -0.2) is 50.5 Å². The lowest BCUT2D eigenvalue weighted by Crippen LogP contribution is -2.40. The van der Waals surface area contributed by atoms with E-state index in [-0.39, 0.29) is 17.9 Å². The van der Waals surface area contributed by atoms with Crippen LogP contribution in [0.15, 0.2) is 5.10 Å². The normalized spacial score (nSPS) is 14.4. The second-order valence-corrected chi connectivity index (χ2v) is 3.95. The highest BCUT2D eigenvalue weighted by molar-refractivity contribution is 6.35. The van der Waals surface area contributed by atoms with E-state index in [9.17, 15) is 9.59 Å². The highest BCUT2D eigenvalue weighted by Crippen LogP contribution is 2.00. The smallest absolute Gasteiger partial charge is 0.354 e. The molecule has 0 aliphatic heterocycles. The lowest BCUT2D eigenvalue weighted by atomic mass is 10.1. The standard InChI is InChI=1S/C12H23N3O4/c1-5-19-12(17)9(2)15-14-7-6-11(13-8-16)10(3)18-4/h8,10-11,14H,5-7H2,1-4H3,(H,13,16). The molecule has 0 aromatic carbocycles. The van der Waals surface area contributed by atoms with E-state index < -0.39 is 5.97 Å². The molecule has 0 aromatic rings. The molecule has 0 aromatic heterocycles. The van der Waals surface area contributed by atoms with Gasteiger partial charge in [-0.15, -0.1) is 0 Å². The van der Waals surface area contributed by atoms with Crippen molar-refractivity contribution in [3.8, 4) is 0 Å². The van der Waals surface area contributed by atoms with Crippen LogP contribution in [0.5, 0.6) is 0 Å². The minimum atomic E-state index is -0.442. The van der Waals surface area contributed by atoms with Crippen LogP contribution in [0.1, 0.15) is 27.2 Å². The zero-order valence-electron chi connectivity index (χ0n) is 11.9. The summed E-state index contributed by atoms with van der Waals surface area (Å²) in [6, 6.07) is -0.104. The van der Waals surface area contributed by atoms with Crippen molar-refractivity contribution in [2.24, 2.45) is 5.10 Å². The molecule has 2 atom stereocenters. The van der Waals surface area contributed by atoms with Crippen LogP contribution in [0.2, 0.25) is 0 Å². The van der Waals surface area contributed by atoms with Gasteiger partial charge in [0.25, 0.3) is 0 Å². The molecule has 0 bridgehead atoms. The third kappa shape index (κ3) is 7.40. The number of hydrogen-bond donors (Lipinski definition) is 2. The number of rotatable bonds is 10. The monoisotopic (exact) mass is 273 g/mol. The van der Waals surface area contributed by atoms with E-state index >= 15 is 0 Å². The Bertz CT molecular complexity index is 307. The summed E-state index contributed by atoms with van der Waals surface area (Å²) >= 11 is 0. The number of ether oxygens (including phenoxy) is 2. The number of esters is 1. The predicted molar refractivity (Wildman–Crippen MR) is 71.8 cm³/mol. The molecule has 0 saturated heterocycles. The van der Waals surface area contributed by atoms with Gasteiger partial charge in [-0.25, -0.2) is 4.79 Å². The van der Waals surface area contributed by atoms with Crippen LogP contribution in [0.25, 0.3) is 0 Å². The summed E-state index contributed by atoms with van der Waals surface area (Å²) in [5.74, 6) is -0.442. The van der Waals surface area contributed by atoms with Gasteiger partial charge in [0, 0.05) is 13.7 Å². The van der Waals surface area contributed by atoms with Gasteiger partial charge in [-0.2, -0.15) is 5.10 Å². The van der Waals surface area contributed by atoms with Gasteiger partial charge in [0.15, 0.2) is 0 Å². The van der Waals surface area contributed by atoms with Crippen LogP contribution in [0.3, 0.4) is 0 Å². The Morgan fingerprint density at radius 2 is 2.16 bits per heavy atom. The maximum Gasteiger partial charge on any atom is 0.354 e. The molecule has 0 heterocycles. The lowest BCUT2D eigenvalue weighted by Gasteiger charge is -2.21. The summed E-state index contributed by atoms with van der Waals surface area (Å²) in [6.45, 7) is 6.01. The van der Waals surface area contributed by atoms with Gasteiger partial charge in [0.2, 0.25) is 6.41 Å². The molecule has 0 saturated carbocycles. The molecule has 2 unspecified atom stereocenters. The largest absolute Gasteiger partial charge is 0.461 e. The Hall–Kier alpha value is -1.63. The van der Waals surface area contributed by atoms with Gasteiger partial charge in [-0.3, -0.25) is 4.79 Å². The minimum absolute atomic E-state index is 0.0952. The molecule has 0 aliphatic rings. The van der Waals surface area contributed by atoms with E-state index in [1.807, 2.05) is 6.92 Å². The molecule has 110 valence electrons. The minimum Gasteiger partial charge on any atom is -0.461 e. The Morgan fingerprint density at radius 1 is 1.47 bits per heavy atom. The first-order valence-corrected chi connectivity index (χ1v) is 6.23. The molecule has 0 fully saturated rings. The summed E-state index contributed by atoms with van der Waals surface area (Å²) < 4.78 is 9.94. The summed E-state index contributed by atoms with van der Waals surface area (Å²) in [5, 5.41) is 6.57. The zero-order chi connectivity index (χ0) is 14.7. The molecule has 7 nitrogen and oxygen atoms in total. The van der Waals surface area contributed by atoms with Gasteiger partial charge in [-0.05, 0) is 27.2 Å². The first-order valence-electron chi connectivity index (χ1n) is 6.23. The molecule has 19 heavy (non-hydrogen) atoms. The average Bonchev–Trinajstić information content (AvgIpc) is 2.41. The predicted octanol–water partition coefficient (Wildman–Crippen LogP) is 0.0546. The molecule has 7 heteroatoms. The van der Waals surface area contributed by atoms with Crippen LogP contribution in [0.4, 0.5) is 0 Å². The number of hydrogen-bond acceptors (Lipinski definition) is 6. The lowest BCUT2D eigenvalue weighted by molar-refractivity contribution is -0.135. The Morgan fingerprint density at radius 3 is 2.68 bits per heavy atom. The molecule has 2 N–H and O–H groups in total. The SMILES string of the molecule is CCOC(=O)C(C)=NNCCC(NC=O)C(C)OC. The van der Waals surface area contributed by atoms with E-state index in [1.54, 1.807) is 21.0 Å². The number of methoxy groups -OCH3 is 1. The Kier molecular flexibility index (Phi) is 9.42. The Labute approximate surface area is 113 Å². The van der Waals surface area contributed by atoms with Crippen LogP contribution in [-0.2, 0) is 19.1 Å². The summed E-state index contributed by atoms with van der Waals surface area (Å²) in [5.41, 5.74) is 3.03. The van der Waals surface area contributed by atoms with Crippen molar-refractivity contribution in [3.63, 3.8) is 0 Å². The maximum atomic E-state index is 11.3. The number of hydrazone groups is 1. The number of nitrogens with one attached hydrogen (secondary N) is 2. The molecular formula is C12H23N3O4. The van der Waals surface area contributed by atoms with Gasteiger partial charge in [0.05, 0.1) is 18.8 Å². The molecular weight excluding hydrogens is 250 g/mol. The highest BCUT2D eigenvalue weighted by Gasteiger charge is 2.15. The van der Waals surface area contributed by atoms with Crippen molar-refractivity contribution in [3.05, 3.63) is 0 Å². The maximum absolute atomic E-state index is 11.3. The molecule has 0 spiro atoms. The van der Waals surface area contributed by atoms with Crippen molar-refractivity contribution in [2.45, 2.75) is 39.3 Å². The molecule has 0 rings (SSSR count). The third-order valence-corrected chi connectivity index (χ3v) is 2.61. The molecule has 0 aliphatic carbocycles. The first-order chi connectivity index (χ1) is 9.06. The van der Waals surface area contributed by atoms with Gasteiger partial charge in [0.1, 0.15) is 5.71 Å². The number of amides is 1. The quantitative estimate of drug-likeness (QED) is 0.193.